The number of carbonyl (C=O) groups excluding carboxylic acids is 1. The van der Waals surface area contributed by atoms with E-state index in [2.05, 4.69) is 66.7 Å². The van der Waals surface area contributed by atoms with Gasteiger partial charge < -0.3 is 13.6 Å². The second-order valence-corrected chi connectivity index (χ2v) is 20.7. The predicted octanol–water partition coefficient (Wildman–Crippen LogP) is 11.8. The van der Waals surface area contributed by atoms with Crippen molar-refractivity contribution in [2.24, 2.45) is 0 Å². The molecule has 6 heteroatoms. The van der Waals surface area contributed by atoms with E-state index in [0.29, 0.717) is 17.1 Å². The first kappa shape index (κ1) is 34.9. The van der Waals surface area contributed by atoms with E-state index in [1.54, 1.807) is 0 Å². The van der Waals surface area contributed by atoms with Crippen LogP contribution >= 0.6 is 0 Å². The number of hydrogen-bond acceptors (Lipinski definition) is 4. The molecule has 3 rings (SSSR count). The van der Waals surface area contributed by atoms with Crippen molar-refractivity contribution < 1.29 is 18.4 Å². The number of rotatable bonds is 18. The topological polar surface area (TPSA) is 44.8 Å². The molecular formula is C37H56O4Si2. The number of aryl methyl sites for hydroxylation is 2. The maximum Gasteiger partial charge on any atom is 0.347 e. The zero-order chi connectivity index (χ0) is 31.5. The van der Waals surface area contributed by atoms with Crippen LogP contribution in [0, 0.1) is 13.8 Å². The molecule has 0 spiro atoms. The molecule has 43 heavy (non-hydrogen) atoms. The molecule has 0 N–H and O–H groups in total. The fourth-order valence-electron chi connectivity index (χ4n) is 6.89. The smallest absolute Gasteiger partial charge is 0.347 e. The number of ether oxygens (including phenoxy) is 1. The van der Waals surface area contributed by atoms with Crippen LogP contribution in [0.1, 0.15) is 102 Å². The van der Waals surface area contributed by atoms with Gasteiger partial charge in [-0.05, 0) is 73.9 Å². The highest BCUT2D eigenvalue weighted by molar-refractivity contribution is 6.75. The van der Waals surface area contributed by atoms with Gasteiger partial charge in [0.05, 0.1) is 0 Å². The zero-order valence-electron chi connectivity index (χ0n) is 28.2. The lowest BCUT2D eigenvalue weighted by molar-refractivity contribution is 0.0731. The van der Waals surface area contributed by atoms with Crippen LogP contribution in [-0.2, 0) is 0 Å². The second kappa shape index (κ2) is 16.5. The van der Waals surface area contributed by atoms with Crippen molar-refractivity contribution >= 4 is 33.4 Å². The first-order valence-electron chi connectivity index (χ1n) is 16.9. The van der Waals surface area contributed by atoms with Gasteiger partial charge >= 0.3 is 5.97 Å². The first-order chi connectivity index (χ1) is 20.7. The maximum atomic E-state index is 14.2. The summed E-state index contributed by atoms with van der Waals surface area (Å²) in [7, 11) is -4.29. The number of carbonyl (C=O) groups is 1. The summed E-state index contributed by atoms with van der Waals surface area (Å²) < 4.78 is 20.7. The van der Waals surface area contributed by atoms with Crippen LogP contribution in [0.3, 0.4) is 0 Å². The van der Waals surface area contributed by atoms with Crippen molar-refractivity contribution in [3.8, 4) is 17.2 Å². The Morgan fingerprint density at radius 2 is 1.12 bits per heavy atom. The van der Waals surface area contributed by atoms with Gasteiger partial charge in [0.1, 0.15) is 22.8 Å². The van der Waals surface area contributed by atoms with Crippen molar-refractivity contribution in [1.82, 2.24) is 0 Å². The van der Waals surface area contributed by atoms with Crippen LogP contribution in [0.4, 0.5) is 0 Å². The lowest BCUT2D eigenvalue weighted by Gasteiger charge is -2.35. The Morgan fingerprint density at radius 1 is 0.605 bits per heavy atom. The van der Waals surface area contributed by atoms with Gasteiger partial charge in [-0.15, -0.1) is 0 Å². The van der Waals surface area contributed by atoms with Gasteiger partial charge in [-0.2, -0.15) is 0 Å². The average Bonchev–Trinajstić information content (AvgIpc) is 2.96. The monoisotopic (exact) mass is 620 g/mol. The Bertz CT molecular complexity index is 1300. The first-order valence-corrected chi connectivity index (χ1v) is 22.0. The average molecular weight is 621 g/mol. The Kier molecular flexibility index (Phi) is 13.4. The fraction of sp³-hybridized carbons (Fsp3) is 0.541. The normalized spacial score (nSPS) is 12.0. The molecule has 3 aromatic carbocycles. The van der Waals surface area contributed by atoms with E-state index in [9.17, 15) is 4.79 Å². The summed E-state index contributed by atoms with van der Waals surface area (Å²) >= 11 is 0. The van der Waals surface area contributed by atoms with Crippen LogP contribution in [0.15, 0.2) is 48.5 Å². The zero-order valence-corrected chi connectivity index (χ0v) is 30.2. The molecule has 3 aromatic rings. The van der Waals surface area contributed by atoms with Crippen LogP contribution in [0.25, 0.3) is 10.8 Å². The minimum atomic E-state index is -2.19. The summed E-state index contributed by atoms with van der Waals surface area (Å²) in [6.45, 7) is 17.6. The summed E-state index contributed by atoms with van der Waals surface area (Å²) in [4.78, 5) is 14.2. The van der Waals surface area contributed by atoms with Gasteiger partial charge in [0.15, 0.2) is 0 Å². The summed E-state index contributed by atoms with van der Waals surface area (Å²) in [5, 5.41) is 2.02. The highest BCUT2D eigenvalue weighted by Crippen LogP contribution is 2.43. The maximum absolute atomic E-state index is 14.2. The van der Waals surface area contributed by atoms with Gasteiger partial charge in [0, 0.05) is 10.8 Å². The summed E-state index contributed by atoms with van der Waals surface area (Å²) in [5.74, 6) is 1.71. The van der Waals surface area contributed by atoms with Gasteiger partial charge in [0.25, 0.3) is 16.6 Å². The van der Waals surface area contributed by atoms with Gasteiger partial charge in [0.2, 0.25) is 0 Å². The molecule has 4 nitrogen and oxygen atoms in total. The third-order valence-corrected chi connectivity index (χ3v) is 18.4. The Hall–Kier alpha value is -2.58. The van der Waals surface area contributed by atoms with Crippen molar-refractivity contribution in [2.45, 2.75) is 130 Å². The lowest BCUT2D eigenvalue weighted by Crippen LogP contribution is -2.42. The molecule has 0 heterocycles. The van der Waals surface area contributed by atoms with Crippen LogP contribution in [0.5, 0.6) is 17.2 Å². The molecule has 0 radical (unpaired) electrons. The van der Waals surface area contributed by atoms with E-state index in [4.69, 9.17) is 13.6 Å². The van der Waals surface area contributed by atoms with Crippen molar-refractivity contribution in [1.29, 1.82) is 0 Å². The molecule has 0 unspecified atom stereocenters. The molecule has 0 amide bonds. The van der Waals surface area contributed by atoms with Crippen molar-refractivity contribution in [3.05, 3.63) is 65.2 Å². The van der Waals surface area contributed by atoms with E-state index in [1.165, 1.54) is 5.56 Å². The Labute approximate surface area is 263 Å². The third kappa shape index (κ3) is 8.75. The van der Waals surface area contributed by atoms with E-state index in [-0.39, 0.29) is 5.97 Å². The van der Waals surface area contributed by atoms with E-state index < -0.39 is 16.6 Å². The molecule has 0 saturated heterocycles. The number of benzene rings is 3. The molecule has 0 aliphatic heterocycles. The van der Waals surface area contributed by atoms with Gasteiger partial charge in [-0.1, -0.05) is 116 Å². The van der Waals surface area contributed by atoms with E-state index in [0.717, 1.165) is 96.9 Å². The predicted molar refractivity (Wildman–Crippen MR) is 188 cm³/mol. The lowest BCUT2D eigenvalue weighted by atomic mass is 10.0. The van der Waals surface area contributed by atoms with Gasteiger partial charge in [-0.3, -0.25) is 0 Å². The van der Waals surface area contributed by atoms with E-state index in [1.807, 2.05) is 37.3 Å². The Balaban J connectivity index is 2.33. The molecule has 236 valence electrons. The minimum Gasteiger partial charge on any atom is -0.543 e. The quantitative estimate of drug-likeness (QED) is 0.0806. The largest absolute Gasteiger partial charge is 0.543 e. The summed E-state index contributed by atoms with van der Waals surface area (Å²) in [6.07, 6.45) is 6.54. The Morgan fingerprint density at radius 3 is 1.63 bits per heavy atom. The molecule has 0 aliphatic carbocycles. The molecule has 0 fully saturated rings. The standard InChI is InChI=1S/C37H56O4Si2/c1-9-21-42(22-10-2,23-11-3)40-35-28-33(37(38)39-34-18-16-15-17-30(34)8)36(31-20-19-29(7)27-32(31)35)41-43(24-12-4,25-13-5)26-14-6/h15-20,27-28H,9-14,21-26H2,1-8H3. The molecule has 0 saturated carbocycles. The number of hydrogen-bond donors (Lipinski definition) is 0. The fourth-order valence-corrected chi connectivity index (χ4v) is 15.8. The number of esters is 1. The van der Waals surface area contributed by atoms with Crippen LogP contribution in [-0.4, -0.2) is 22.6 Å². The molecule has 0 bridgehead atoms. The summed E-state index contributed by atoms with van der Waals surface area (Å²) in [5.41, 5.74) is 2.59. The molecule has 0 aliphatic rings. The van der Waals surface area contributed by atoms with Gasteiger partial charge in [-0.25, -0.2) is 4.79 Å². The highest BCUT2D eigenvalue weighted by Gasteiger charge is 2.38. The molecular weight excluding hydrogens is 565 g/mol. The number of fused-ring (bicyclic) bond motifs is 1. The van der Waals surface area contributed by atoms with Crippen LogP contribution < -0.4 is 13.6 Å². The second-order valence-electron chi connectivity index (χ2n) is 12.5. The highest BCUT2D eigenvalue weighted by atomic mass is 28.4. The van der Waals surface area contributed by atoms with Crippen molar-refractivity contribution in [2.75, 3.05) is 0 Å². The summed E-state index contributed by atoms with van der Waals surface area (Å²) in [6, 6.07) is 22.7. The SMILES string of the molecule is CCC[Si](CCC)(CCC)Oc1cc(C(=O)Oc2ccccc2C)c(O[Si](CCC)(CCC)CCC)c2ccc(C)cc12. The minimum absolute atomic E-state index is 0.377. The third-order valence-electron chi connectivity index (χ3n) is 8.60. The van der Waals surface area contributed by atoms with E-state index >= 15 is 0 Å². The number of para-hydroxylation sites is 1. The molecule has 0 aromatic heterocycles. The molecule has 0 atom stereocenters. The van der Waals surface area contributed by atoms with Crippen molar-refractivity contribution in [3.63, 3.8) is 0 Å². The van der Waals surface area contributed by atoms with Crippen LogP contribution in [0.2, 0.25) is 36.3 Å².